The molecule has 0 spiro atoms. The van der Waals surface area contributed by atoms with Gasteiger partial charge in [-0.15, -0.1) is 0 Å². The van der Waals surface area contributed by atoms with Gasteiger partial charge in [-0.25, -0.2) is 4.39 Å². The monoisotopic (exact) mass is 533 g/mol. The molecule has 1 N–H and O–H groups in total. The van der Waals surface area contributed by atoms with Crippen LogP contribution in [0.1, 0.15) is 12.0 Å². The first-order valence-electron chi connectivity index (χ1n) is 12.2. The minimum Gasteiger partial charge on any atom is -0.457 e. The van der Waals surface area contributed by atoms with Crippen LogP contribution in [0.15, 0.2) is 85.2 Å². The fourth-order valence-corrected chi connectivity index (χ4v) is 4.81. The highest BCUT2D eigenvalue weighted by Crippen LogP contribution is 2.29. The number of halogens is 2. The summed E-state index contributed by atoms with van der Waals surface area (Å²) >= 11 is 6.15. The molecule has 4 aromatic rings. The highest BCUT2D eigenvalue weighted by molar-refractivity contribution is 6.30. The summed E-state index contributed by atoms with van der Waals surface area (Å²) in [5.74, 6) is 0.294. The van der Waals surface area contributed by atoms with Crippen molar-refractivity contribution < 1.29 is 18.7 Å². The number of nitrogens with zero attached hydrogens (tertiary/aromatic N) is 4. The van der Waals surface area contributed by atoms with Gasteiger partial charge in [0.1, 0.15) is 29.9 Å². The van der Waals surface area contributed by atoms with Crippen LogP contribution in [-0.4, -0.2) is 44.3 Å². The summed E-state index contributed by atoms with van der Waals surface area (Å²) in [4.78, 5) is 29.4. The van der Waals surface area contributed by atoms with Crippen molar-refractivity contribution in [1.29, 1.82) is 0 Å². The predicted octanol–water partition coefficient (Wildman–Crippen LogP) is 4.96. The second-order valence-electron chi connectivity index (χ2n) is 9.13. The number of rotatable bonds is 8. The number of anilines is 1. The molecule has 1 aliphatic heterocycles. The fourth-order valence-electron chi connectivity index (χ4n) is 4.60. The number of benzene rings is 3. The van der Waals surface area contributed by atoms with E-state index in [-0.39, 0.29) is 30.1 Å². The molecule has 0 aliphatic carbocycles. The number of carbonyl (C=O) groups is 2. The predicted molar refractivity (Wildman–Crippen MR) is 140 cm³/mol. The molecule has 8 nitrogen and oxygen atoms in total. The summed E-state index contributed by atoms with van der Waals surface area (Å²) in [5, 5.41) is 11.6. The Hall–Kier alpha value is -4.24. The van der Waals surface area contributed by atoms with Gasteiger partial charge in [0.2, 0.25) is 11.8 Å². The first-order chi connectivity index (χ1) is 18.4. The van der Waals surface area contributed by atoms with Gasteiger partial charge >= 0.3 is 0 Å². The Morgan fingerprint density at radius 1 is 1.00 bits per heavy atom. The normalized spacial score (nSPS) is 16.8. The van der Waals surface area contributed by atoms with Crippen molar-refractivity contribution >= 4 is 29.1 Å². The first-order valence-corrected chi connectivity index (χ1v) is 12.5. The average Bonchev–Trinajstić information content (AvgIpc) is 3.57. The van der Waals surface area contributed by atoms with Crippen molar-refractivity contribution in [3.05, 3.63) is 102 Å². The van der Waals surface area contributed by atoms with E-state index < -0.39 is 6.04 Å². The Labute approximate surface area is 224 Å². The van der Waals surface area contributed by atoms with Crippen LogP contribution in [0, 0.1) is 11.7 Å². The van der Waals surface area contributed by atoms with Gasteiger partial charge < -0.3 is 15.0 Å². The van der Waals surface area contributed by atoms with Crippen LogP contribution in [0.4, 0.5) is 10.1 Å². The van der Waals surface area contributed by atoms with E-state index in [1.165, 1.54) is 41.5 Å². The van der Waals surface area contributed by atoms with Gasteiger partial charge in [0.25, 0.3) is 0 Å². The maximum absolute atomic E-state index is 13.4. The van der Waals surface area contributed by atoms with Crippen LogP contribution in [0.3, 0.4) is 0 Å². The second kappa shape index (κ2) is 11.4. The molecule has 2 heterocycles. The molecule has 10 heteroatoms. The molecule has 2 atom stereocenters. The Balaban J connectivity index is 1.27. The van der Waals surface area contributed by atoms with Crippen molar-refractivity contribution in [3.63, 3.8) is 0 Å². The molecule has 0 saturated carbocycles. The maximum Gasteiger partial charge on any atom is 0.247 e. The molecule has 5 rings (SSSR count). The minimum atomic E-state index is -0.641. The molecule has 194 valence electrons. The lowest BCUT2D eigenvalue weighted by Gasteiger charge is -2.23. The topological polar surface area (TPSA) is 89.4 Å². The largest absolute Gasteiger partial charge is 0.457 e. The molecule has 3 aromatic carbocycles. The number of hydrogen-bond donors (Lipinski definition) is 1. The zero-order valence-corrected chi connectivity index (χ0v) is 21.1. The van der Waals surface area contributed by atoms with E-state index in [4.69, 9.17) is 16.3 Å². The third-order valence-electron chi connectivity index (χ3n) is 6.34. The van der Waals surface area contributed by atoms with Crippen molar-refractivity contribution in [2.75, 3.05) is 11.9 Å². The van der Waals surface area contributed by atoms with Crippen LogP contribution in [0.25, 0.3) is 0 Å². The molecule has 1 saturated heterocycles. The Morgan fingerprint density at radius 2 is 1.68 bits per heavy atom. The van der Waals surface area contributed by atoms with Crippen LogP contribution in [-0.2, 0) is 22.6 Å². The van der Waals surface area contributed by atoms with Gasteiger partial charge in [-0.3, -0.25) is 9.59 Å². The molecular formula is C28H25ClFN5O3. The van der Waals surface area contributed by atoms with Gasteiger partial charge in [0.05, 0.1) is 12.4 Å². The van der Waals surface area contributed by atoms with E-state index in [1.807, 2.05) is 24.3 Å². The summed E-state index contributed by atoms with van der Waals surface area (Å²) in [6.45, 7) is 0.394. The lowest BCUT2D eigenvalue weighted by Crippen LogP contribution is -2.44. The summed E-state index contributed by atoms with van der Waals surface area (Å²) in [7, 11) is 0. The molecule has 0 unspecified atom stereocenters. The van der Waals surface area contributed by atoms with E-state index in [9.17, 15) is 14.0 Å². The average molecular weight is 534 g/mol. The van der Waals surface area contributed by atoms with E-state index >= 15 is 0 Å². The molecule has 2 amide bonds. The SMILES string of the molecule is O=C(Nc1ccc(Oc2ccc(F)cc2)cc1)[C@@H]1C[C@@H](Cc2cccc(Cl)c2)CN1C(=O)Cn1nccn1. The lowest BCUT2D eigenvalue weighted by atomic mass is 9.96. The Morgan fingerprint density at radius 3 is 2.37 bits per heavy atom. The minimum absolute atomic E-state index is 0.0455. The van der Waals surface area contributed by atoms with Gasteiger partial charge in [-0.2, -0.15) is 15.0 Å². The number of nitrogens with one attached hydrogen (secondary N) is 1. The first kappa shape index (κ1) is 25.4. The number of aromatic nitrogens is 3. The highest BCUT2D eigenvalue weighted by atomic mass is 35.5. The number of hydrogen-bond acceptors (Lipinski definition) is 5. The van der Waals surface area contributed by atoms with E-state index in [0.29, 0.717) is 41.6 Å². The summed E-state index contributed by atoms with van der Waals surface area (Å²) in [6, 6.07) is 19.5. The van der Waals surface area contributed by atoms with Crippen molar-refractivity contribution in [2.24, 2.45) is 5.92 Å². The van der Waals surface area contributed by atoms with Gasteiger partial charge in [0.15, 0.2) is 0 Å². The van der Waals surface area contributed by atoms with E-state index in [0.717, 1.165) is 5.56 Å². The summed E-state index contributed by atoms with van der Waals surface area (Å²) < 4.78 is 18.8. The number of amides is 2. The fraction of sp³-hybridized carbons (Fsp3) is 0.214. The molecule has 1 fully saturated rings. The lowest BCUT2D eigenvalue weighted by molar-refractivity contribution is -0.137. The summed E-state index contributed by atoms with van der Waals surface area (Å²) in [6.07, 6.45) is 4.23. The van der Waals surface area contributed by atoms with Gasteiger partial charge in [-0.05, 0) is 85.0 Å². The van der Waals surface area contributed by atoms with Crippen LogP contribution < -0.4 is 10.1 Å². The molecule has 38 heavy (non-hydrogen) atoms. The number of likely N-dealkylation sites (tertiary alicyclic amines) is 1. The van der Waals surface area contributed by atoms with E-state index in [2.05, 4.69) is 15.5 Å². The quantitative estimate of drug-likeness (QED) is 0.346. The molecule has 0 bridgehead atoms. The smallest absolute Gasteiger partial charge is 0.247 e. The molecule has 1 aliphatic rings. The third kappa shape index (κ3) is 6.36. The number of carbonyl (C=O) groups excluding carboxylic acids is 2. The Kier molecular flexibility index (Phi) is 7.65. The van der Waals surface area contributed by atoms with Gasteiger partial charge in [-0.1, -0.05) is 23.7 Å². The van der Waals surface area contributed by atoms with Crippen molar-refractivity contribution in [1.82, 2.24) is 19.9 Å². The van der Waals surface area contributed by atoms with Gasteiger partial charge in [0, 0.05) is 17.3 Å². The zero-order valence-electron chi connectivity index (χ0n) is 20.3. The molecule has 1 aromatic heterocycles. The third-order valence-corrected chi connectivity index (χ3v) is 6.57. The second-order valence-corrected chi connectivity index (χ2v) is 9.56. The van der Waals surface area contributed by atoms with Crippen LogP contribution in [0.2, 0.25) is 5.02 Å². The van der Waals surface area contributed by atoms with Crippen LogP contribution >= 0.6 is 11.6 Å². The van der Waals surface area contributed by atoms with Crippen molar-refractivity contribution in [3.8, 4) is 11.5 Å². The van der Waals surface area contributed by atoms with Crippen molar-refractivity contribution in [2.45, 2.75) is 25.4 Å². The standard InChI is InChI=1S/C28H25ClFN5O3/c29-21-3-1-2-19(15-21)14-20-16-26(34(17-20)27(36)18-35-31-12-13-32-35)28(37)33-23-6-10-25(11-7-23)38-24-8-4-22(30)5-9-24/h1-13,15,20,26H,14,16-18H2,(H,33,37)/t20-,26+/m1/s1. The Bertz CT molecular complexity index is 1400. The molecule has 0 radical (unpaired) electrons. The number of ether oxygens (including phenoxy) is 1. The summed E-state index contributed by atoms with van der Waals surface area (Å²) in [5.41, 5.74) is 1.63. The highest BCUT2D eigenvalue weighted by Gasteiger charge is 2.39. The molecular weight excluding hydrogens is 509 g/mol. The maximum atomic E-state index is 13.4. The van der Waals surface area contributed by atoms with Crippen LogP contribution in [0.5, 0.6) is 11.5 Å². The zero-order chi connectivity index (χ0) is 26.5. The van der Waals surface area contributed by atoms with E-state index in [1.54, 1.807) is 29.2 Å².